The molecular formula is C31H31BrN2O4. The van der Waals surface area contributed by atoms with Gasteiger partial charge in [-0.05, 0) is 30.2 Å². The van der Waals surface area contributed by atoms with E-state index in [0.29, 0.717) is 34.4 Å². The van der Waals surface area contributed by atoms with Crippen LogP contribution in [0.25, 0.3) is 0 Å². The summed E-state index contributed by atoms with van der Waals surface area (Å²) in [6.45, 7) is 4.90. The largest absolute Gasteiger partial charge is 1.00 e. The van der Waals surface area contributed by atoms with Crippen molar-refractivity contribution in [1.82, 2.24) is 4.98 Å². The number of halogens is 1. The van der Waals surface area contributed by atoms with Gasteiger partial charge in [0.1, 0.15) is 23.8 Å². The van der Waals surface area contributed by atoms with Crippen molar-refractivity contribution in [3.63, 3.8) is 0 Å². The van der Waals surface area contributed by atoms with E-state index in [9.17, 15) is 5.11 Å². The van der Waals surface area contributed by atoms with Crippen LogP contribution in [-0.2, 0) is 12.1 Å². The summed E-state index contributed by atoms with van der Waals surface area (Å²) in [5.41, 5.74) is -0.220. The zero-order valence-electron chi connectivity index (χ0n) is 21.1. The summed E-state index contributed by atoms with van der Waals surface area (Å²) in [5, 5.41) is 12.2. The number of aliphatic hydroxyl groups is 1. The lowest BCUT2D eigenvalue weighted by Gasteiger charge is -2.52. The summed E-state index contributed by atoms with van der Waals surface area (Å²) in [5.74, 6) is 4.53. The van der Waals surface area contributed by atoms with Gasteiger partial charge in [0, 0.05) is 29.9 Å². The Kier molecular flexibility index (Phi) is 6.54. The number of hydrogen-bond donors (Lipinski definition) is 1. The van der Waals surface area contributed by atoms with Crippen LogP contribution in [-0.4, -0.2) is 40.8 Å². The normalized spacial score (nSPS) is 24.4. The van der Waals surface area contributed by atoms with Crippen molar-refractivity contribution in [2.24, 2.45) is 11.8 Å². The van der Waals surface area contributed by atoms with E-state index in [2.05, 4.69) is 4.98 Å². The van der Waals surface area contributed by atoms with Gasteiger partial charge in [0.2, 0.25) is 5.89 Å². The van der Waals surface area contributed by atoms with Gasteiger partial charge in [-0.2, -0.15) is 0 Å². The first-order valence-electron chi connectivity index (χ1n) is 13.2. The summed E-state index contributed by atoms with van der Waals surface area (Å²) >= 11 is 0. The van der Waals surface area contributed by atoms with Gasteiger partial charge in [0.25, 0.3) is 0 Å². The molecule has 7 heteroatoms. The lowest BCUT2D eigenvalue weighted by molar-refractivity contribution is -0.960. The Morgan fingerprint density at radius 1 is 0.895 bits per heavy atom. The van der Waals surface area contributed by atoms with Gasteiger partial charge in [-0.3, -0.25) is 0 Å². The minimum Gasteiger partial charge on any atom is -1.00 e. The van der Waals surface area contributed by atoms with Gasteiger partial charge in [0.05, 0.1) is 32.4 Å². The average Bonchev–Trinajstić information content (AvgIpc) is 3.42. The molecule has 0 saturated carbocycles. The molecule has 3 fully saturated rings. The number of hydrogen-bond acceptors (Lipinski definition) is 5. The van der Waals surface area contributed by atoms with Crippen LogP contribution < -0.4 is 26.5 Å². The lowest BCUT2D eigenvalue weighted by Crippen LogP contribution is -3.00. The fourth-order valence-electron chi connectivity index (χ4n) is 6.65. The van der Waals surface area contributed by atoms with E-state index in [1.807, 2.05) is 78.9 Å². The Labute approximate surface area is 233 Å². The minimum absolute atomic E-state index is 0. The first-order valence-corrected chi connectivity index (χ1v) is 13.2. The van der Waals surface area contributed by atoms with Crippen LogP contribution in [0, 0.1) is 11.8 Å². The molecule has 3 aromatic carbocycles. The summed E-state index contributed by atoms with van der Waals surface area (Å²) in [6.07, 6.45) is 4.23. The third-order valence-corrected chi connectivity index (χ3v) is 8.57. The maximum Gasteiger partial charge on any atom is 0.236 e. The molecule has 0 spiro atoms. The van der Waals surface area contributed by atoms with Crippen LogP contribution in [0.1, 0.15) is 35.6 Å². The van der Waals surface area contributed by atoms with Crippen molar-refractivity contribution in [2.75, 3.05) is 26.2 Å². The lowest BCUT2D eigenvalue weighted by atomic mass is 9.77. The fraction of sp³-hybridized carbons (Fsp3) is 0.323. The Bertz CT molecular complexity index is 1370. The van der Waals surface area contributed by atoms with Gasteiger partial charge in [-0.25, -0.2) is 4.98 Å². The van der Waals surface area contributed by atoms with Gasteiger partial charge in [0.15, 0.2) is 11.4 Å². The molecule has 1 N–H and O–H groups in total. The number of nitrogens with zero attached hydrogens (tertiary/aromatic N) is 2. The van der Waals surface area contributed by atoms with E-state index in [0.717, 1.165) is 54.7 Å². The predicted octanol–water partition coefficient (Wildman–Crippen LogP) is 2.50. The van der Waals surface area contributed by atoms with Crippen molar-refractivity contribution in [3.8, 4) is 17.2 Å². The van der Waals surface area contributed by atoms with Crippen LogP contribution in [0.3, 0.4) is 0 Å². The number of oxazole rings is 1. The second-order valence-electron chi connectivity index (χ2n) is 10.8. The smallest absolute Gasteiger partial charge is 0.236 e. The van der Waals surface area contributed by atoms with E-state index in [1.165, 1.54) is 12.8 Å². The Hall–Kier alpha value is -3.13. The maximum atomic E-state index is 12.2. The van der Waals surface area contributed by atoms with E-state index in [4.69, 9.17) is 13.9 Å². The number of ether oxygens (including phenoxy) is 2. The molecule has 4 aliphatic heterocycles. The number of quaternary nitrogens is 1. The average molecular weight is 576 g/mol. The van der Waals surface area contributed by atoms with E-state index >= 15 is 0 Å². The molecule has 1 atom stereocenters. The topological polar surface area (TPSA) is 64.7 Å². The highest BCUT2D eigenvalue weighted by atomic mass is 79.9. The molecule has 0 radical (unpaired) electrons. The Morgan fingerprint density at radius 2 is 1.53 bits per heavy atom. The molecule has 4 aliphatic rings. The van der Waals surface area contributed by atoms with Crippen LogP contribution >= 0.6 is 0 Å². The highest BCUT2D eigenvalue weighted by Gasteiger charge is 2.48. The second kappa shape index (κ2) is 9.88. The summed E-state index contributed by atoms with van der Waals surface area (Å²) in [4.78, 5) is 4.64. The van der Waals surface area contributed by atoms with Gasteiger partial charge >= 0.3 is 0 Å². The monoisotopic (exact) mass is 574 g/mol. The molecule has 6 nitrogen and oxygen atoms in total. The second-order valence-corrected chi connectivity index (χ2v) is 10.8. The number of para-hydroxylation sites is 3. The first kappa shape index (κ1) is 25.2. The highest BCUT2D eigenvalue weighted by molar-refractivity contribution is 5.58. The molecule has 1 aromatic heterocycles. The van der Waals surface area contributed by atoms with Crippen LogP contribution in [0.4, 0.5) is 0 Å². The molecule has 0 amide bonds. The molecule has 38 heavy (non-hydrogen) atoms. The highest BCUT2D eigenvalue weighted by Crippen LogP contribution is 2.50. The van der Waals surface area contributed by atoms with Crippen molar-refractivity contribution in [3.05, 3.63) is 108 Å². The van der Waals surface area contributed by atoms with E-state index in [1.54, 1.807) is 6.20 Å². The zero-order valence-corrected chi connectivity index (χ0v) is 22.7. The van der Waals surface area contributed by atoms with Crippen LogP contribution in [0.5, 0.6) is 17.2 Å². The molecule has 196 valence electrons. The minimum atomic E-state index is -1.51. The first-order chi connectivity index (χ1) is 18.1. The van der Waals surface area contributed by atoms with Gasteiger partial charge < -0.3 is 40.5 Å². The molecule has 3 saturated heterocycles. The van der Waals surface area contributed by atoms with Crippen molar-refractivity contribution < 1.29 is 40.5 Å². The number of piperidine rings is 3. The van der Waals surface area contributed by atoms with Gasteiger partial charge in [-0.1, -0.05) is 54.6 Å². The molecule has 8 rings (SSSR count). The van der Waals surface area contributed by atoms with Crippen molar-refractivity contribution in [2.45, 2.75) is 25.0 Å². The summed E-state index contributed by atoms with van der Waals surface area (Å²) in [7, 11) is 0. The fourth-order valence-corrected chi connectivity index (χ4v) is 6.65. The van der Waals surface area contributed by atoms with Crippen LogP contribution in [0.2, 0.25) is 0 Å². The Balaban J connectivity index is 0.00000264. The molecule has 5 heterocycles. The molecule has 0 aliphatic carbocycles. The molecule has 2 bridgehead atoms. The predicted molar refractivity (Wildman–Crippen MR) is 138 cm³/mol. The van der Waals surface area contributed by atoms with Crippen LogP contribution in [0.15, 0.2) is 89.5 Å². The van der Waals surface area contributed by atoms with E-state index in [-0.39, 0.29) is 17.0 Å². The SMILES string of the molecule is OC1(c2ncc(C[N+]34CCC(CC3)C(COc3ccccc3)C4)o2)c2ccccc2Oc2ccccc21.[Br-]. The number of aromatic nitrogens is 1. The Morgan fingerprint density at radius 3 is 2.21 bits per heavy atom. The molecule has 1 unspecified atom stereocenters. The third-order valence-electron chi connectivity index (χ3n) is 8.57. The number of benzene rings is 3. The zero-order chi connectivity index (χ0) is 24.9. The van der Waals surface area contributed by atoms with Crippen molar-refractivity contribution in [1.29, 1.82) is 0 Å². The summed E-state index contributed by atoms with van der Waals surface area (Å²) in [6, 6.07) is 25.2. The standard InChI is InChI=1S/C31H31N2O4.BrH/c34-31(26-10-4-6-12-28(26)37-29-13-7-5-11-27(29)31)30-32-18-25(36-30)20-33-16-14-22(15-17-33)23(19-33)21-35-24-8-2-1-3-9-24;/h1-13,18,22-23,34H,14-17,19-21H2;1H/q+1;/p-1. The quantitative estimate of drug-likeness (QED) is 0.358. The number of fused-ring (bicyclic) bond motifs is 5. The third kappa shape index (κ3) is 4.23. The van der Waals surface area contributed by atoms with E-state index < -0.39 is 5.60 Å². The number of rotatable bonds is 6. The molecule has 4 aromatic rings. The summed E-state index contributed by atoms with van der Waals surface area (Å²) < 4.78 is 19.6. The maximum absolute atomic E-state index is 12.2. The van der Waals surface area contributed by atoms with Gasteiger partial charge in [-0.15, -0.1) is 0 Å². The molecular weight excluding hydrogens is 544 g/mol. The van der Waals surface area contributed by atoms with Crippen molar-refractivity contribution >= 4 is 0 Å².